The van der Waals surface area contributed by atoms with Crippen LogP contribution in [0, 0.1) is 5.92 Å². The number of aliphatic hydroxyl groups is 1. The van der Waals surface area contributed by atoms with E-state index in [9.17, 15) is 19.5 Å². The van der Waals surface area contributed by atoms with Crippen molar-refractivity contribution >= 4 is 17.5 Å². The largest absolute Gasteiger partial charge is 0.511 e. The highest BCUT2D eigenvalue weighted by Crippen LogP contribution is 2.09. The lowest BCUT2D eigenvalue weighted by Gasteiger charge is -2.06. The van der Waals surface area contributed by atoms with Crippen LogP contribution in [0.4, 0.5) is 0 Å². The van der Waals surface area contributed by atoms with E-state index in [0.29, 0.717) is 0 Å². The third kappa shape index (κ3) is 3.50. The van der Waals surface area contributed by atoms with Crippen LogP contribution in [0.3, 0.4) is 0 Å². The van der Waals surface area contributed by atoms with Crippen LogP contribution in [0.2, 0.25) is 0 Å². The molecule has 0 aromatic heterocycles. The predicted molar refractivity (Wildman–Crippen MR) is 43.2 cm³/mol. The first-order valence-corrected chi connectivity index (χ1v) is 3.48. The maximum Gasteiger partial charge on any atom is 0.321 e. The summed E-state index contributed by atoms with van der Waals surface area (Å²) in [5.41, 5.74) is 0. The molecule has 72 valence electrons. The number of carbonyl (C=O) groups excluding carboxylic acids is 2. The van der Waals surface area contributed by atoms with Crippen LogP contribution in [0.1, 0.15) is 13.8 Å². The molecule has 5 heteroatoms. The molecular weight excluding hydrogens is 176 g/mol. The first-order chi connectivity index (χ1) is 6.40. The highest BCUT2D eigenvalue weighted by atomic mass is 16.4. The van der Waals surface area contributed by atoms with Gasteiger partial charge in [-0.05, 0) is 13.8 Å². The van der Waals surface area contributed by atoms with Crippen LogP contribution in [0.25, 0.3) is 1.43 Å². The minimum absolute atomic E-state index is 0.508. The molecule has 5 nitrogen and oxygen atoms in total. The van der Waals surface area contributed by atoms with Crippen LogP contribution < -0.4 is 0 Å². The van der Waals surface area contributed by atoms with Gasteiger partial charge in [-0.3, -0.25) is 14.4 Å². The number of ketones is 2. The van der Waals surface area contributed by atoms with E-state index in [4.69, 9.17) is 1.43 Å². The zero-order valence-electron chi connectivity index (χ0n) is 8.23. The highest BCUT2D eigenvalue weighted by Gasteiger charge is 2.27. The van der Waals surface area contributed by atoms with E-state index in [-0.39, 0.29) is 0 Å². The Morgan fingerprint density at radius 2 is 1.92 bits per heavy atom. The number of rotatable bonds is 4. The molecule has 13 heavy (non-hydrogen) atoms. The van der Waals surface area contributed by atoms with Gasteiger partial charge in [-0.25, -0.2) is 0 Å². The molecule has 0 aromatic carbocycles. The SMILES string of the molecule is [2H]OC(=O)C(C(C)=O)C(O)=CC(C)=O. The van der Waals surface area contributed by atoms with Gasteiger partial charge in [0.05, 0.1) is 0 Å². The van der Waals surface area contributed by atoms with Crippen molar-refractivity contribution in [1.82, 2.24) is 0 Å². The number of hydrogen-bond acceptors (Lipinski definition) is 5. The molecule has 0 rings (SSSR count). The molecule has 0 bridgehead atoms. The number of carboxylic acids is 1. The fraction of sp³-hybridized carbons (Fsp3) is 0.375. The first kappa shape index (κ1) is 9.44. The molecule has 0 radical (unpaired) electrons. The molecule has 0 aliphatic heterocycles. The topological polar surface area (TPSA) is 91.7 Å². The third-order valence-electron chi connectivity index (χ3n) is 1.29. The lowest BCUT2D eigenvalue weighted by Crippen LogP contribution is -2.24. The van der Waals surface area contributed by atoms with E-state index in [1.165, 1.54) is 0 Å². The van der Waals surface area contributed by atoms with Crippen LogP contribution >= 0.6 is 0 Å². The Labute approximate surface area is 76.2 Å². The van der Waals surface area contributed by atoms with Crippen molar-refractivity contribution in [1.29, 1.82) is 1.43 Å². The monoisotopic (exact) mass is 187 g/mol. The van der Waals surface area contributed by atoms with Gasteiger partial charge in [0.25, 0.3) is 1.43 Å². The quantitative estimate of drug-likeness (QED) is 0.375. The Kier molecular flexibility index (Phi) is 3.19. The van der Waals surface area contributed by atoms with Crippen molar-refractivity contribution in [2.45, 2.75) is 13.8 Å². The Bertz CT molecular complexity index is 294. The van der Waals surface area contributed by atoms with Gasteiger partial charge in [0, 0.05) is 6.08 Å². The Balaban J connectivity index is 4.93. The van der Waals surface area contributed by atoms with Gasteiger partial charge in [0.2, 0.25) is 0 Å². The lowest BCUT2D eigenvalue weighted by atomic mass is 10.0. The van der Waals surface area contributed by atoms with Gasteiger partial charge < -0.3 is 10.2 Å². The molecule has 0 aliphatic carbocycles. The van der Waals surface area contributed by atoms with E-state index in [2.05, 4.69) is 5.11 Å². The van der Waals surface area contributed by atoms with Crippen molar-refractivity contribution in [2.75, 3.05) is 0 Å². The summed E-state index contributed by atoms with van der Waals surface area (Å²) in [6, 6.07) is 0. The van der Waals surface area contributed by atoms with Gasteiger partial charge in [-0.15, -0.1) is 0 Å². The second-order valence-electron chi connectivity index (χ2n) is 2.54. The summed E-state index contributed by atoms with van der Waals surface area (Å²) in [5.74, 6) is -4.71. The molecule has 0 saturated heterocycles. The molecular formula is C8H10O5. The van der Waals surface area contributed by atoms with Gasteiger partial charge in [0.15, 0.2) is 17.5 Å². The molecule has 1 atom stereocenters. The zero-order valence-corrected chi connectivity index (χ0v) is 7.23. The molecule has 0 heterocycles. The molecule has 0 spiro atoms. The van der Waals surface area contributed by atoms with Crippen molar-refractivity contribution in [3.63, 3.8) is 0 Å². The Morgan fingerprint density at radius 3 is 2.23 bits per heavy atom. The van der Waals surface area contributed by atoms with Crippen molar-refractivity contribution in [2.24, 2.45) is 5.92 Å². The second-order valence-corrected chi connectivity index (χ2v) is 2.54. The van der Waals surface area contributed by atoms with Crippen LogP contribution in [-0.2, 0) is 14.4 Å². The summed E-state index contributed by atoms with van der Waals surface area (Å²) in [7, 11) is 0. The summed E-state index contributed by atoms with van der Waals surface area (Å²) in [6.45, 7) is 2.20. The summed E-state index contributed by atoms with van der Waals surface area (Å²) < 4.78 is 6.28. The third-order valence-corrected chi connectivity index (χ3v) is 1.29. The molecule has 0 aromatic rings. The molecule has 0 fully saturated rings. The number of aliphatic carboxylic acids is 1. The minimum atomic E-state index is -1.59. The van der Waals surface area contributed by atoms with E-state index in [0.717, 1.165) is 19.9 Å². The normalized spacial score (nSPS) is 14.3. The molecule has 0 amide bonds. The smallest absolute Gasteiger partial charge is 0.321 e. The van der Waals surface area contributed by atoms with E-state index in [1.54, 1.807) is 0 Å². The molecule has 0 saturated carbocycles. The van der Waals surface area contributed by atoms with Gasteiger partial charge in [0.1, 0.15) is 5.76 Å². The van der Waals surface area contributed by atoms with Gasteiger partial charge in [-0.2, -0.15) is 0 Å². The van der Waals surface area contributed by atoms with Crippen LogP contribution in [0.5, 0.6) is 0 Å². The maximum absolute atomic E-state index is 10.9. The molecule has 2 N–H and O–H groups in total. The fourth-order valence-corrected chi connectivity index (χ4v) is 0.787. The number of allylic oxidation sites excluding steroid dienone is 1. The van der Waals surface area contributed by atoms with Crippen molar-refractivity contribution < 1.29 is 24.6 Å². The van der Waals surface area contributed by atoms with Crippen LogP contribution in [0.15, 0.2) is 11.8 Å². The average Bonchev–Trinajstić information content (AvgIpc) is 2.01. The zero-order chi connectivity index (χ0) is 11.3. The second kappa shape index (κ2) is 4.39. The predicted octanol–water partition coefficient (Wildman–Crippen LogP) is 0.307. The van der Waals surface area contributed by atoms with Gasteiger partial charge >= 0.3 is 5.97 Å². The number of aliphatic hydroxyl groups excluding tert-OH is 1. The summed E-state index contributed by atoms with van der Waals surface area (Å²) >= 11 is 0. The average molecular weight is 187 g/mol. The molecule has 0 aliphatic rings. The lowest BCUT2D eigenvalue weighted by molar-refractivity contribution is -0.145. The Morgan fingerprint density at radius 1 is 1.38 bits per heavy atom. The van der Waals surface area contributed by atoms with Crippen molar-refractivity contribution in [3.8, 4) is 0 Å². The van der Waals surface area contributed by atoms with E-state index >= 15 is 0 Å². The maximum atomic E-state index is 10.9. The first-order valence-electron chi connectivity index (χ1n) is 3.89. The van der Waals surface area contributed by atoms with Crippen LogP contribution in [-0.4, -0.2) is 27.8 Å². The summed E-state index contributed by atoms with van der Waals surface area (Å²) in [6.07, 6.45) is 0.739. The number of carbonyl (C=O) groups is 3. The number of Topliss-reactive ketones (excluding diaryl/α,β-unsaturated/α-hetero) is 1. The van der Waals surface area contributed by atoms with Crippen molar-refractivity contribution in [3.05, 3.63) is 11.8 Å². The highest BCUT2D eigenvalue weighted by molar-refractivity contribution is 6.01. The minimum Gasteiger partial charge on any atom is -0.511 e. The Hall–Kier alpha value is -1.65. The fourth-order valence-electron chi connectivity index (χ4n) is 0.787. The number of carboxylic acid groups (broad SMARTS) is 1. The molecule has 1 unspecified atom stereocenters. The van der Waals surface area contributed by atoms with Gasteiger partial charge in [-0.1, -0.05) is 0 Å². The number of hydrogen-bond donors (Lipinski definition) is 2. The summed E-state index contributed by atoms with van der Waals surface area (Å²) in [5, 5.41) is 12.7. The van der Waals surface area contributed by atoms with E-state index in [1.807, 2.05) is 0 Å². The van der Waals surface area contributed by atoms with E-state index < -0.39 is 29.2 Å². The summed E-state index contributed by atoms with van der Waals surface area (Å²) in [4.78, 5) is 32.3. The standard InChI is InChI=1S/C8H10O5/c1-4(9)3-6(11)7(5(2)10)8(12)13/h3,7,11H,1-2H3,(H,12,13)/i/hD.